The summed E-state index contributed by atoms with van der Waals surface area (Å²) < 4.78 is 5.52. The molecule has 3 rings (SSSR count). The third kappa shape index (κ3) is 8.08. The van der Waals surface area contributed by atoms with Crippen molar-refractivity contribution in [2.24, 2.45) is 4.99 Å². The standard InChI is InChI=1S/C23H34N6O.HI/c1-3-24-23(27-16-9-8-15-26-22-12-6-7-14-25-22)28-19-13-17-29(18-19)20-10-4-5-11-21(20)30-2;/h4-7,10-12,14,19H,3,8-9,13,15-18H2,1-2H3,(H,25,26)(H2,24,27,28);1H. The highest BCUT2D eigenvalue weighted by Crippen LogP contribution is 2.30. The van der Waals surface area contributed by atoms with E-state index in [0.717, 1.165) is 75.2 Å². The van der Waals surface area contributed by atoms with Crippen molar-refractivity contribution in [3.63, 3.8) is 0 Å². The van der Waals surface area contributed by atoms with Crippen LogP contribution in [0.4, 0.5) is 11.5 Å². The van der Waals surface area contributed by atoms with Gasteiger partial charge in [-0.25, -0.2) is 4.98 Å². The normalized spacial score (nSPS) is 15.9. The van der Waals surface area contributed by atoms with E-state index in [9.17, 15) is 0 Å². The number of rotatable bonds is 10. The van der Waals surface area contributed by atoms with Gasteiger partial charge in [0.2, 0.25) is 0 Å². The van der Waals surface area contributed by atoms with E-state index in [2.05, 4.69) is 44.9 Å². The largest absolute Gasteiger partial charge is 0.495 e. The van der Waals surface area contributed by atoms with Gasteiger partial charge in [-0.1, -0.05) is 18.2 Å². The Kier molecular flexibility index (Phi) is 11.3. The van der Waals surface area contributed by atoms with Crippen LogP contribution in [0.15, 0.2) is 53.7 Å². The quantitative estimate of drug-likeness (QED) is 0.185. The highest BCUT2D eigenvalue weighted by Gasteiger charge is 2.25. The van der Waals surface area contributed by atoms with Crippen molar-refractivity contribution in [1.29, 1.82) is 0 Å². The molecule has 2 heterocycles. The zero-order valence-corrected chi connectivity index (χ0v) is 20.8. The maximum atomic E-state index is 5.52. The van der Waals surface area contributed by atoms with Crippen LogP contribution >= 0.6 is 24.0 Å². The highest BCUT2D eigenvalue weighted by molar-refractivity contribution is 14.0. The summed E-state index contributed by atoms with van der Waals surface area (Å²) >= 11 is 0. The summed E-state index contributed by atoms with van der Waals surface area (Å²) in [7, 11) is 1.73. The Morgan fingerprint density at radius 1 is 1.19 bits per heavy atom. The lowest BCUT2D eigenvalue weighted by Gasteiger charge is -2.22. The van der Waals surface area contributed by atoms with Crippen LogP contribution in [0.5, 0.6) is 5.75 Å². The molecule has 31 heavy (non-hydrogen) atoms. The average molecular weight is 538 g/mol. The Balaban J connectivity index is 0.00000341. The molecule has 0 radical (unpaired) electrons. The van der Waals surface area contributed by atoms with Crippen molar-refractivity contribution in [3.8, 4) is 5.75 Å². The van der Waals surface area contributed by atoms with E-state index in [1.807, 2.05) is 30.3 Å². The number of anilines is 2. The van der Waals surface area contributed by atoms with Crippen LogP contribution in [0, 0.1) is 0 Å². The van der Waals surface area contributed by atoms with Gasteiger partial charge < -0.3 is 25.6 Å². The molecule has 1 unspecified atom stereocenters. The number of nitrogens with zero attached hydrogens (tertiary/aromatic N) is 3. The fourth-order valence-corrected chi connectivity index (χ4v) is 3.61. The van der Waals surface area contributed by atoms with Gasteiger partial charge in [0.05, 0.1) is 12.8 Å². The molecule has 2 aromatic rings. The smallest absolute Gasteiger partial charge is 0.191 e. The van der Waals surface area contributed by atoms with Crippen molar-refractivity contribution in [1.82, 2.24) is 15.6 Å². The number of hydrogen-bond acceptors (Lipinski definition) is 5. The number of aromatic nitrogens is 1. The van der Waals surface area contributed by atoms with E-state index in [-0.39, 0.29) is 24.0 Å². The minimum atomic E-state index is 0. The number of benzene rings is 1. The molecule has 1 aliphatic rings. The van der Waals surface area contributed by atoms with Gasteiger partial charge in [-0.3, -0.25) is 4.99 Å². The molecule has 1 aromatic heterocycles. The van der Waals surface area contributed by atoms with Crippen molar-refractivity contribution in [3.05, 3.63) is 48.7 Å². The monoisotopic (exact) mass is 538 g/mol. The Morgan fingerprint density at radius 2 is 2.03 bits per heavy atom. The molecule has 8 heteroatoms. The second-order valence-corrected chi connectivity index (χ2v) is 7.36. The molecule has 170 valence electrons. The molecule has 0 saturated carbocycles. The molecule has 1 aliphatic heterocycles. The average Bonchev–Trinajstić information content (AvgIpc) is 3.25. The van der Waals surface area contributed by atoms with E-state index in [0.29, 0.717) is 6.04 Å². The molecule has 1 saturated heterocycles. The van der Waals surface area contributed by atoms with Crippen molar-refractivity contribution >= 4 is 41.4 Å². The van der Waals surface area contributed by atoms with E-state index in [1.165, 1.54) is 0 Å². The van der Waals surface area contributed by atoms with E-state index < -0.39 is 0 Å². The maximum absolute atomic E-state index is 5.52. The first-order valence-corrected chi connectivity index (χ1v) is 10.9. The van der Waals surface area contributed by atoms with Gasteiger partial charge in [0.1, 0.15) is 11.6 Å². The minimum Gasteiger partial charge on any atom is -0.495 e. The van der Waals surface area contributed by atoms with Crippen molar-refractivity contribution in [2.75, 3.05) is 50.1 Å². The van der Waals surface area contributed by atoms with Gasteiger partial charge in [-0.2, -0.15) is 0 Å². The number of unbranched alkanes of at least 4 members (excludes halogenated alkanes) is 1. The summed E-state index contributed by atoms with van der Waals surface area (Å²) in [6.45, 7) is 6.63. The number of nitrogens with one attached hydrogen (secondary N) is 3. The molecule has 0 aliphatic carbocycles. The second kappa shape index (κ2) is 14.0. The van der Waals surface area contributed by atoms with Gasteiger partial charge >= 0.3 is 0 Å². The van der Waals surface area contributed by atoms with E-state index >= 15 is 0 Å². The third-order valence-corrected chi connectivity index (χ3v) is 5.12. The Labute approximate surface area is 203 Å². The first-order chi connectivity index (χ1) is 14.8. The molecule has 0 spiro atoms. The van der Waals surface area contributed by atoms with Crippen LogP contribution in [0.25, 0.3) is 0 Å². The first-order valence-electron chi connectivity index (χ1n) is 10.9. The lowest BCUT2D eigenvalue weighted by molar-refractivity contribution is 0.415. The van der Waals surface area contributed by atoms with Crippen LogP contribution in [0.3, 0.4) is 0 Å². The van der Waals surface area contributed by atoms with Gasteiger partial charge in [-0.05, 0) is 50.5 Å². The van der Waals surface area contributed by atoms with Crippen LogP contribution in [0.2, 0.25) is 0 Å². The predicted octanol–water partition coefficient (Wildman–Crippen LogP) is 3.73. The zero-order chi connectivity index (χ0) is 21.0. The van der Waals surface area contributed by atoms with Gasteiger partial charge in [0.25, 0.3) is 0 Å². The van der Waals surface area contributed by atoms with E-state index in [4.69, 9.17) is 9.73 Å². The topological polar surface area (TPSA) is 73.8 Å². The predicted molar refractivity (Wildman–Crippen MR) is 140 cm³/mol. The molecular formula is C23H35IN6O. The highest BCUT2D eigenvalue weighted by atomic mass is 127. The number of halogens is 1. The van der Waals surface area contributed by atoms with Gasteiger partial charge in [0, 0.05) is 45.0 Å². The Morgan fingerprint density at radius 3 is 2.81 bits per heavy atom. The number of hydrogen-bond donors (Lipinski definition) is 3. The molecular weight excluding hydrogens is 503 g/mol. The molecule has 1 atom stereocenters. The summed E-state index contributed by atoms with van der Waals surface area (Å²) in [5.41, 5.74) is 1.16. The maximum Gasteiger partial charge on any atom is 0.191 e. The van der Waals surface area contributed by atoms with Crippen LogP contribution in [-0.2, 0) is 0 Å². The van der Waals surface area contributed by atoms with Crippen molar-refractivity contribution < 1.29 is 4.74 Å². The number of guanidine groups is 1. The molecule has 1 fully saturated rings. The fraction of sp³-hybridized carbons (Fsp3) is 0.478. The number of ether oxygens (including phenoxy) is 1. The summed E-state index contributed by atoms with van der Waals surface area (Å²) in [6, 6.07) is 14.5. The molecule has 1 aromatic carbocycles. The summed E-state index contributed by atoms with van der Waals surface area (Å²) in [5, 5.41) is 10.3. The number of para-hydroxylation sites is 2. The van der Waals surface area contributed by atoms with Crippen LogP contribution in [-0.4, -0.2) is 56.8 Å². The van der Waals surface area contributed by atoms with Crippen molar-refractivity contribution in [2.45, 2.75) is 32.2 Å². The third-order valence-electron chi connectivity index (χ3n) is 5.12. The number of aliphatic imine (C=N–C) groups is 1. The fourth-order valence-electron chi connectivity index (χ4n) is 3.61. The lowest BCUT2D eigenvalue weighted by atomic mass is 10.2. The molecule has 0 bridgehead atoms. The van der Waals surface area contributed by atoms with Gasteiger partial charge in [-0.15, -0.1) is 24.0 Å². The molecule has 3 N–H and O–H groups in total. The zero-order valence-electron chi connectivity index (χ0n) is 18.5. The summed E-state index contributed by atoms with van der Waals surface area (Å²) in [6.07, 6.45) is 4.98. The number of methoxy groups -OCH3 is 1. The Hall–Kier alpha value is -2.23. The van der Waals surface area contributed by atoms with Crippen LogP contribution in [0.1, 0.15) is 26.2 Å². The van der Waals surface area contributed by atoms with Gasteiger partial charge in [0.15, 0.2) is 5.96 Å². The lowest BCUT2D eigenvalue weighted by Crippen LogP contribution is -2.44. The van der Waals surface area contributed by atoms with E-state index in [1.54, 1.807) is 13.3 Å². The molecule has 0 amide bonds. The molecule has 7 nitrogen and oxygen atoms in total. The Bertz CT molecular complexity index is 789. The minimum absolute atomic E-state index is 0. The SMILES string of the molecule is CCNC(=NCCCCNc1ccccn1)NC1CCN(c2ccccc2OC)C1.I. The number of pyridine rings is 1. The first kappa shape index (κ1) is 25.0. The van der Waals surface area contributed by atoms with Crippen LogP contribution < -0.4 is 25.6 Å². The second-order valence-electron chi connectivity index (χ2n) is 7.36. The summed E-state index contributed by atoms with van der Waals surface area (Å²) in [4.78, 5) is 11.4. The summed E-state index contributed by atoms with van der Waals surface area (Å²) in [5.74, 6) is 2.76.